The first-order chi connectivity index (χ1) is 7.70. The number of amides is 1. The highest BCUT2D eigenvalue weighted by atomic mass is 16.5. The molecule has 0 atom stereocenters. The van der Waals surface area contributed by atoms with E-state index in [2.05, 4.69) is 10.3 Å². The topological polar surface area (TPSA) is 75.9 Å². The predicted octanol–water partition coefficient (Wildman–Crippen LogP) is 1.11. The summed E-state index contributed by atoms with van der Waals surface area (Å²) in [6.45, 7) is 0.163. The van der Waals surface area contributed by atoms with Crippen LogP contribution in [0.1, 0.15) is 5.82 Å². The Balaban J connectivity index is 2.34. The molecule has 0 bridgehead atoms. The van der Waals surface area contributed by atoms with Crippen LogP contribution in [0.4, 0.5) is 4.79 Å². The minimum atomic E-state index is -1.07. The molecule has 2 N–H and O–H groups in total. The minimum Gasteiger partial charge on any atom is -0.495 e. The summed E-state index contributed by atoms with van der Waals surface area (Å²) in [5.74, 6) is 1.32. The van der Waals surface area contributed by atoms with E-state index in [0.717, 1.165) is 5.52 Å². The summed E-state index contributed by atoms with van der Waals surface area (Å²) >= 11 is 0. The van der Waals surface area contributed by atoms with E-state index in [1.807, 2.05) is 12.1 Å². The molecule has 0 radical (unpaired) electrons. The van der Waals surface area contributed by atoms with Gasteiger partial charge in [-0.15, -0.1) is 0 Å². The number of nitrogens with one attached hydrogen (secondary N) is 1. The number of rotatable bonds is 3. The molecule has 84 valence electrons. The average Bonchev–Trinajstić information content (AvgIpc) is 2.68. The third-order valence-corrected chi connectivity index (χ3v) is 2.21. The Bertz CT molecular complexity index is 521. The Morgan fingerprint density at radius 3 is 3.12 bits per heavy atom. The van der Waals surface area contributed by atoms with Crippen molar-refractivity contribution in [2.45, 2.75) is 6.54 Å². The minimum absolute atomic E-state index is 0.163. The second-order valence-corrected chi connectivity index (χ2v) is 3.20. The zero-order chi connectivity index (χ0) is 11.5. The van der Waals surface area contributed by atoms with Gasteiger partial charge in [-0.3, -0.25) is 4.40 Å². The number of nitrogens with zero attached hydrogens (tertiary/aromatic N) is 2. The molecule has 2 aromatic rings. The van der Waals surface area contributed by atoms with Gasteiger partial charge in [-0.2, -0.15) is 0 Å². The molecule has 0 aliphatic carbocycles. The molecule has 2 rings (SSSR count). The van der Waals surface area contributed by atoms with Crippen molar-refractivity contribution in [3.05, 3.63) is 30.4 Å². The normalized spacial score (nSPS) is 10.3. The van der Waals surface area contributed by atoms with Gasteiger partial charge in [0, 0.05) is 0 Å². The summed E-state index contributed by atoms with van der Waals surface area (Å²) in [4.78, 5) is 14.5. The van der Waals surface area contributed by atoms with Crippen molar-refractivity contribution in [2.75, 3.05) is 7.11 Å². The van der Waals surface area contributed by atoms with Gasteiger partial charge in [0.25, 0.3) is 0 Å². The highest BCUT2D eigenvalue weighted by Crippen LogP contribution is 2.14. The Kier molecular flexibility index (Phi) is 2.63. The molecule has 6 heteroatoms. The smallest absolute Gasteiger partial charge is 0.405 e. The molecule has 0 fully saturated rings. The molecule has 0 spiro atoms. The number of carbonyl (C=O) groups is 1. The van der Waals surface area contributed by atoms with Crippen molar-refractivity contribution >= 4 is 11.6 Å². The summed E-state index contributed by atoms with van der Waals surface area (Å²) < 4.78 is 6.87. The number of ether oxygens (including phenoxy) is 1. The second-order valence-electron chi connectivity index (χ2n) is 3.20. The van der Waals surface area contributed by atoms with Gasteiger partial charge in [-0.25, -0.2) is 9.78 Å². The van der Waals surface area contributed by atoms with E-state index >= 15 is 0 Å². The standard InChI is InChI=1S/C10H11N3O3/c1-16-8-3-2-7-4-11-9(13(7)6-8)5-12-10(14)15/h2-4,6,12H,5H2,1H3,(H,14,15). The quantitative estimate of drug-likeness (QED) is 0.814. The van der Waals surface area contributed by atoms with Gasteiger partial charge < -0.3 is 15.2 Å². The summed E-state index contributed by atoms with van der Waals surface area (Å²) in [7, 11) is 1.58. The van der Waals surface area contributed by atoms with Crippen molar-refractivity contribution in [3.8, 4) is 5.75 Å². The molecule has 0 saturated carbocycles. The largest absolute Gasteiger partial charge is 0.495 e. The number of pyridine rings is 1. The highest BCUT2D eigenvalue weighted by molar-refractivity contribution is 5.64. The summed E-state index contributed by atoms with van der Waals surface area (Å²) in [5.41, 5.74) is 0.892. The first kappa shape index (κ1) is 10.3. The van der Waals surface area contributed by atoms with Gasteiger partial charge in [-0.1, -0.05) is 0 Å². The zero-order valence-electron chi connectivity index (χ0n) is 8.67. The van der Waals surface area contributed by atoms with Crippen LogP contribution in [-0.4, -0.2) is 27.7 Å². The van der Waals surface area contributed by atoms with Gasteiger partial charge in [0.05, 0.1) is 31.6 Å². The molecular weight excluding hydrogens is 210 g/mol. The molecule has 0 unspecified atom stereocenters. The molecule has 0 aromatic carbocycles. The first-order valence-corrected chi connectivity index (χ1v) is 4.67. The molecule has 0 saturated heterocycles. The molecule has 2 heterocycles. The lowest BCUT2D eigenvalue weighted by molar-refractivity contribution is 0.193. The van der Waals surface area contributed by atoms with Crippen LogP contribution in [0.3, 0.4) is 0 Å². The van der Waals surface area contributed by atoms with E-state index in [9.17, 15) is 4.79 Å². The molecule has 1 amide bonds. The fourth-order valence-corrected chi connectivity index (χ4v) is 1.43. The molecule has 0 aliphatic rings. The fourth-order valence-electron chi connectivity index (χ4n) is 1.43. The molecule has 0 aliphatic heterocycles. The SMILES string of the molecule is COc1ccc2cnc(CNC(=O)O)n2c1. The van der Waals surface area contributed by atoms with Crippen molar-refractivity contribution in [2.24, 2.45) is 0 Å². The molecule has 2 aromatic heterocycles. The zero-order valence-corrected chi connectivity index (χ0v) is 8.67. The van der Waals surface area contributed by atoms with Crippen LogP contribution < -0.4 is 10.1 Å². The number of imidazole rings is 1. The highest BCUT2D eigenvalue weighted by Gasteiger charge is 2.05. The van der Waals surface area contributed by atoms with Crippen LogP contribution in [0.2, 0.25) is 0 Å². The maximum absolute atomic E-state index is 10.4. The maximum Gasteiger partial charge on any atom is 0.405 e. The van der Waals surface area contributed by atoms with Crippen LogP contribution in [-0.2, 0) is 6.54 Å². The van der Waals surface area contributed by atoms with Crippen molar-refractivity contribution in [3.63, 3.8) is 0 Å². The Morgan fingerprint density at radius 2 is 2.44 bits per heavy atom. The lowest BCUT2D eigenvalue weighted by atomic mass is 10.4. The van der Waals surface area contributed by atoms with Crippen LogP contribution in [0.5, 0.6) is 5.75 Å². The van der Waals surface area contributed by atoms with E-state index in [0.29, 0.717) is 11.6 Å². The summed E-state index contributed by atoms with van der Waals surface area (Å²) in [5, 5.41) is 10.8. The van der Waals surface area contributed by atoms with Crippen molar-refractivity contribution < 1.29 is 14.6 Å². The number of methoxy groups -OCH3 is 1. The summed E-state index contributed by atoms with van der Waals surface area (Å²) in [6, 6.07) is 3.68. The van der Waals surface area contributed by atoms with E-state index in [-0.39, 0.29) is 6.54 Å². The van der Waals surface area contributed by atoms with Crippen molar-refractivity contribution in [1.29, 1.82) is 0 Å². The Hall–Kier alpha value is -2.24. The molecule has 16 heavy (non-hydrogen) atoms. The predicted molar refractivity (Wildman–Crippen MR) is 56.6 cm³/mol. The van der Waals surface area contributed by atoms with Crippen molar-refractivity contribution in [1.82, 2.24) is 14.7 Å². The Morgan fingerprint density at radius 1 is 1.62 bits per heavy atom. The lowest BCUT2D eigenvalue weighted by Crippen LogP contribution is -2.21. The first-order valence-electron chi connectivity index (χ1n) is 4.67. The number of carboxylic acid groups (broad SMARTS) is 1. The van der Waals surface area contributed by atoms with Crippen LogP contribution in [0.15, 0.2) is 24.5 Å². The average molecular weight is 221 g/mol. The van der Waals surface area contributed by atoms with Crippen LogP contribution in [0, 0.1) is 0 Å². The van der Waals surface area contributed by atoms with E-state index < -0.39 is 6.09 Å². The fraction of sp³-hybridized carbons (Fsp3) is 0.200. The van der Waals surface area contributed by atoms with E-state index in [1.165, 1.54) is 0 Å². The van der Waals surface area contributed by atoms with Crippen LogP contribution in [0.25, 0.3) is 5.52 Å². The number of hydrogen-bond donors (Lipinski definition) is 2. The van der Waals surface area contributed by atoms with Gasteiger partial charge >= 0.3 is 6.09 Å². The Labute approximate surface area is 91.5 Å². The maximum atomic E-state index is 10.4. The van der Waals surface area contributed by atoms with E-state index in [4.69, 9.17) is 9.84 Å². The number of aromatic nitrogens is 2. The van der Waals surface area contributed by atoms with Gasteiger partial charge in [-0.05, 0) is 12.1 Å². The van der Waals surface area contributed by atoms with E-state index in [1.54, 1.807) is 23.9 Å². The summed E-state index contributed by atoms with van der Waals surface area (Å²) in [6.07, 6.45) is 2.37. The monoisotopic (exact) mass is 221 g/mol. The molecule has 6 nitrogen and oxygen atoms in total. The van der Waals surface area contributed by atoms with Gasteiger partial charge in [0.1, 0.15) is 11.6 Å². The van der Waals surface area contributed by atoms with Gasteiger partial charge in [0.2, 0.25) is 0 Å². The van der Waals surface area contributed by atoms with Gasteiger partial charge in [0.15, 0.2) is 0 Å². The molecular formula is C10H11N3O3. The number of fused-ring (bicyclic) bond motifs is 1. The third-order valence-electron chi connectivity index (χ3n) is 2.21. The lowest BCUT2D eigenvalue weighted by Gasteiger charge is -2.04. The number of hydrogen-bond acceptors (Lipinski definition) is 3. The van der Waals surface area contributed by atoms with Crippen LogP contribution >= 0.6 is 0 Å². The second kappa shape index (κ2) is 4.09. The third kappa shape index (κ3) is 1.90.